The minimum absolute atomic E-state index is 0.0953. The van der Waals surface area contributed by atoms with E-state index in [0.717, 1.165) is 18.8 Å². The maximum Gasteiger partial charge on any atom is 0.119 e. The number of hydrogen-bond acceptors (Lipinski definition) is 3. The molecule has 0 spiro atoms. The first-order valence-electron chi connectivity index (χ1n) is 5.68. The molecule has 84 valence electrons. The van der Waals surface area contributed by atoms with Crippen LogP contribution in [0.2, 0.25) is 0 Å². The fourth-order valence-corrected chi connectivity index (χ4v) is 2.14. The highest BCUT2D eigenvalue weighted by Gasteiger charge is 2.27. The first kappa shape index (κ1) is 11.0. The fraction of sp³-hybridized carbons (Fsp3) is 0.462. The molecule has 0 saturated carbocycles. The van der Waals surface area contributed by atoms with Gasteiger partial charge in [0.15, 0.2) is 0 Å². The molecular formula is C13H16N2O. The van der Waals surface area contributed by atoms with Crippen molar-refractivity contribution >= 4 is 0 Å². The van der Waals surface area contributed by atoms with E-state index < -0.39 is 0 Å². The second-order valence-corrected chi connectivity index (χ2v) is 4.00. The zero-order valence-electron chi connectivity index (χ0n) is 9.44. The summed E-state index contributed by atoms with van der Waals surface area (Å²) in [4.78, 5) is 0. The minimum Gasteiger partial charge on any atom is -0.494 e. The van der Waals surface area contributed by atoms with Gasteiger partial charge in [-0.1, -0.05) is 12.1 Å². The van der Waals surface area contributed by atoms with E-state index in [9.17, 15) is 0 Å². The Balaban J connectivity index is 2.12. The number of nitrogens with zero attached hydrogens (tertiary/aromatic N) is 1. The highest BCUT2D eigenvalue weighted by atomic mass is 16.5. The second kappa shape index (κ2) is 5.00. The minimum atomic E-state index is 0.0953. The van der Waals surface area contributed by atoms with Crippen LogP contribution >= 0.6 is 0 Å². The molecule has 0 amide bonds. The predicted octanol–water partition coefficient (Wildman–Crippen LogP) is 1.91. The van der Waals surface area contributed by atoms with Gasteiger partial charge in [0.05, 0.1) is 18.6 Å². The van der Waals surface area contributed by atoms with Crippen LogP contribution in [0.5, 0.6) is 5.75 Å². The molecule has 16 heavy (non-hydrogen) atoms. The van der Waals surface area contributed by atoms with Crippen LogP contribution < -0.4 is 10.1 Å². The molecule has 1 saturated heterocycles. The molecule has 3 heteroatoms. The van der Waals surface area contributed by atoms with Crippen molar-refractivity contribution in [3.8, 4) is 11.8 Å². The van der Waals surface area contributed by atoms with Gasteiger partial charge in [0.25, 0.3) is 0 Å². The van der Waals surface area contributed by atoms with Gasteiger partial charge < -0.3 is 10.1 Å². The van der Waals surface area contributed by atoms with E-state index in [2.05, 4.69) is 23.5 Å². The molecule has 1 aliphatic heterocycles. The van der Waals surface area contributed by atoms with Gasteiger partial charge in [0.2, 0.25) is 0 Å². The van der Waals surface area contributed by atoms with Gasteiger partial charge in [0, 0.05) is 19.0 Å². The van der Waals surface area contributed by atoms with E-state index in [-0.39, 0.29) is 5.92 Å². The molecule has 1 fully saturated rings. The van der Waals surface area contributed by atoms with Crippen LogP contribution in [0.4, 0.5) is 0 Å². The number of rotatable bonds is 3. The normalized spacial score (nSPS) is 24.0. The summed E-state index contributed by atoms with van der Waals surface area (Å²) >= 11 is 0. The van der Waals surface area contributed by atoms with E-state index in [4.69, 9.17) is 10.00 Å². The topological polar surface area (TPSA) is 45.0 Å². The van der Waals surface area contributed by atoms with Crippen molar-refractivity contribution in [1.82, 2.24) is 5.32 Å². The van der Waals surface area contributed by atoms with Crippen LogP contribution in [0, 0.1) is 17.2 Å². The average Bonchev–Trinajstić information content (AvgIpc) is 2.78. The summed E-state index contributed by atoms with van der Waals surface area (Å²) in [6.45, 7) is 4.35. The molecule has 1 aromatic carbocycles. The molecule has 0 aliphatic carbocycles. The first-order chi connectivity index (χ1) is 7.85. The van der Waals surface area contributed by atoms with Gasteiger partial charge >= 0.3 is 0 Å². The van der Waals surface area contributed by atoms with Gasteiger partial charge in [-0.15, -0.1) is 0 Å². The van der Waals surface area contributed by atoms with Gasteiger partial charge in [0.1, 0.15) is 5.75 Å². The zero-order valence-corrected chi connectivity index (χ0v) is 9.44. The number of benzene rings is 1. The van der Waals surface area contributed by atoms with Crippen LogP contribution in [0.3, 0.4) is 0 Å². The number of hydrogen-bond donors (Lipinski definition) is 1. The molecule has 1 aliphatic rings. The van der Waals surface area contributed by atoms with Gasteiger partial charge in [-0.25, -0.2) is 0 Å². The van der Waals surface area contributed by atoms with Crippen LogP contribution in [-0.2, 0) is 0 Å². The van der Waals surface area contributed by atoms with Gasteiger partial charge in [-0.05, 0) is 24.6 Å². The molecule has 0 aromatic heterocycles. The van der Waals surface area contributed by atoms with Crippen molar-refractivity contribution in [2.24, 2.45) is 5.92 Å². The third-order valence-corrected chi connectivity index (χ3v) is 3.00. The molecule has 1 aromatic rings. The van der Waals surface area contributed by atoms with E-state index >= 15 is 0 Å². The summed E-state index contributed by atoms with van der Waals surface area (Å²) in [5, 5.41) is 12.3. The Morgan fingerprint density at radius 3 is 2.75 bits per heavy atom. The monoisotopic (exact) mass is 216 g/mol. The Morgan fingerprint density at radius 2 is 2.12 bits per heavy atom. The van der Waals surface area contributed by atoms with Crippen LogP contribution in [-0.4, -0.2) is 19.7 Å². The van der Waals surface area contributed by atoms with Crippen molar-refractivity contribution in [2.45, 2.75) is 12.8 Å². The molecule has 0 radical (unpaired) electrons. The predicted molar refractivity (Wildman–Crippen MR) is 62.3 cm³/mol. The Morgan fingerprint density at radius 1 is 1.38 bits per heavy atom. The Labute approximate surface area is 96.0 Å². The fourth-order valence-electron chi connectivity index (χ4n) is 2.14. The third-order valence-electron chi connectivity index (χ3n) is 3.00. The summed E-state index contributed by atoms with van der Waals surface area (Å²) in [6, 6.07) is 10.4. The SMILES string of the molecule is CCOc1ccc(C2CNCC2C#N)cc1. The Hall–Kier alpha value is -1.53. The summed E-state index contributed by atoms with van der Waals surface area (Å²) in [6.07, 6.45) is 0. The summed E-state index contributed by atoms with van der Waals surface area (Å²) in [7, 11) is 0. The maximum atomic E-state index is 9.02. The molecule has 1 heterocycles. The molecule has 2 unspecified atom stereocenters. The first-order valence-corrected chi connectivity index (χ1v) is 5.68. The Kier molecular flexibility index (Phi) is 3.43. The quantitative estimate of drug-likeness (QED) is 0.839. The molecule has 3 nitrogen and oxygen atoms in total. The summed E-state index contributed by atoms with van der Waals surface area (Å²) < 4.78 is 5.40. The van der Waals surface area contributed by atoms with E-state index in [1.54, 1.807) is 0 Å². The van der Waals surface area contributed by atoms with E-state index in [0.29, 0.717) is 12.5 Å². The van der Waals surface area contributed by atoms with Crippen molar-refractivity contribution in [3.63, 3.8) is 0 Å². The lowest BCUT2D eigenvalue weighted by atomic mass is 9.90. The van der Waals surface area contributed by atoms with Crippen molar-refractivity contribution in [3.05, 3.63) is 29.8 Å². The zero-order chi connectivity index (χ0) is 11.4. The summed E-state index contributed by atoms with van der Waals surface area (Å²) in [5.41, 5.74) is 1.22. The molecular weight excluding hydrogens is 200 g/mol. The van der Waals surface area contributed by atoms with Gasteiger partial charge in [-0.3, -0.25) is 0 Å². The average molecular weight is 216 g/mol. The van der Waals surface area contributed by atoms with Crippen LogP contribution in [0.15, 0.2) is 24.3 Å². The highest BCUT2D eigenvalue weighted by Crippen LogP contribution is 2.28. The van der Waals surface area contributed by atoms with Crippen molar-refractivity contribution in [2.75, 3.05) is 19.7 Å². The lowest BCUT2D eigenvalue weighted by Gasteiger charge is -2.13. The molecule has 2 rings (SSSR count). The lowest BCUT2D eigenvalue weighted by Crippen LogP contribution is -2.08. The van der Waals surface area contributed by atoms with Crippen LogP contribution in [0.1, 0.15) is 18.4 Å². The maximum absolute atomic E-state index is 9.02. The van der Waals surface area contributed by atoms with Crippen molar-refractivity contribution < 1.29 is 4.74 Å². The summed E-state index contributed by atoms with van der Waals surface area (Å²) in [5.74, 6) is 1.31. The van der Waals surface area contributed by atoms with Gasteiger partial charge in [-0.2, -0.15) is 5.26 Å². The number of ether oxygens (including phenoxy) is 1. The number of nitrogens with one attached hydrogen (secondary N) is 1. The van der Waals surface area contributed by atoms with Crippen molar-refractivity contribution in [1.29, 1.82) is 5.26 Å². The van der Waals surface area contributed by atoms with E-state index in [1.165, 1.54) is 5.56 Å². The smallest absolute Gasteiger partial charge is 0.119 e. The largest absolute Gasteiger partial charge is 0.494 e. The molecule has 1 N–H and O–H groups in total. The second-order valence-electron chi connectivity index (χ2n) is 4.00. The molecule has 0 bridgehead atoms. The highest BCUT2D eigenvalue weighted by molar-refractivity contribution is 5.31. The van der Waals surface area contributed by atoms with Crippen LogP contribution in [0.25, 0.3) is 0 Å². The van der Waals surface area contributed by atoms with E-state index in [1.807, 2.05) is 19.1 Å². The standard InChI is InChI=1S/C13H16N2O/c1-2-16-12-5-3-10(4-6-12)13-9-15-8-11(13)7-14/h3-6,11,13,15H,2,8-9H2,1H3. The Bertz CT molecular complexity index is 380. The molecule has 2 atom stereocenters. The lowest BCUT2D eigenvalue weighted by molar-refractivity contribution is 0.340. The number of nitriles is 1. The third kappa shape index (κ3) is 2.17.